The van der Waals surface area contributed by atoms with Gasteiger partial charge >= 0.3 is 0 Å². The van der Waals surface area contributed by atoms with Gasteiger partial charge in [0.15, 0.2) is 0 Å². The van der Waals surface area contributed by atoms with Crippen molar-refractivity contribution < 1.29 is 0 Å². The number of anilines is 1. The number of rotatable bonds is 2. The zero-order valence-corrected chi connectivity index (χ0v) is 7.79. The molecule has 3 nitrogen and oxygen atoms in total. The van der Waals surface area contributed by atoms with Crippen molar-refractivity contribution in [1.82, 2.24) is 9.97 Å². The maximum Gasteiger partial charge on any atom is 0.127 e. The molecule has 0 aromatic carbocycles. The molecular weight excluding hydrogens is 182 g/mol. The van der Waals surface area contributed by atoms with Crippen LogP contribution in [0.3, 0.4) is 0 Å². The highest BCUT2D eigenvalue weighted by atomic mass is 32.1. The Hall–Kier alpha value is -1.42. The van der Waals surface area contributed by atoms with E-state index in [0.29, 0.717) is 5.82 Å². The van der Waals surface area contributed by atoms with Crippen LogP contribution in [0.25, 0.3) is 0 Å². The first-order valence-electron chi connectivity index (χ1n) is 3.92. The lowest BCUT2D eigenvalue weighted by Gasteiger charge is -1.97. The fourth-order valence-electron chi connectivity index (χ4n) is 1.11. The predicted octanol–water partition coefficient (Wildman–Crippen LogP) is 1.71. The number of nitrogens with zero attached hydrogens (tertiary/aromatic N) is 2. The SMILES string of the molecule is Nc1cc(Cc2ccsc2)ncn1. The number of nitrogen functional groups attached to an aromatic ring is 1. The molecule has 0 fully saturated rings. The van der Waals surface area contributed by atoms with Gasteiger partial charge in [-0.3, -0.25) is 0 Å². The summed E-state index contributed by atoms with van der Waals surface area (Å²) >= 11 is 1.69. The molecular formula is C9H9N3S. The van der Waals surface area contributed by atoms with Gasteiger partial charge in [-0.1, -0.05) is 0 Å². The van der Waals surface area contributed by atoms with Crippen molar-refractivity contribution in [3.63, 3.8) is 0 Å². The zero-order valence-electron chi connectivity index (χ0n) is 6.97. The van der Waals surface area contributed by atoms with Gasteiger partial charge in [0.2, 0.25) is 0 Å². The molecule has 2 N–H and O–H groups in total. The predicted molar refractivity (Wildman–Crippen MR) is 53.6 cm³/mol. The summed E-state index contributed by atoms with van der Waals surface area (Å²) in [6, 6.07) is 3.89. The highest BCUT2D eigenvalue weighted by molar-refractivity contribution is 7.07. The van der Waals surface area contributed by atoms with Crippen LogP contribution >= 0.6 is 11.3 Å². The van der Waals surface area contributed by atoms with E-state index in [2.05, 4.69) is 26.8 Å². The zero-order chi connectivity index (χ0) is 9.10. The van der Waals surface area contributed by atoms with Crippen molar-refractivity contribution in [1.29, 1.82) is 0 Å². The molecule has 0 bridgehead atoms. The van der Waals surface area contributed by atoms with Gasteiger partial charge in [-0.05, 0) is 22.4 Å². The van der Waals surface area contributed by atoms with Crippen LogP contribution in [0.4, 0.5) is 5.82 Å². The van der Waals surface area contributed by atoms with Crippen LogP contribution in [0.15, 0.2) is 29.2 Å². The Labute approximate surface area is 80.3 Å². The second-order valence-electron chi connectivity index (χ2n) is 2.74. The summed E-state index contributed by atoms with van der Waals surface area (Å²) in [7, 11) is 0. The molecule has 0 saturated heterocycles. The minimum absolute atomic E-state index is 0.528. The molecule has 4 heteroatoms. The molecule has 0 aliphatic carbocycles. The molecule has 66 valence electrons. The summed E-state index contributed by atoms with van der Waals surface area (Å²) in [5.41, 5.74) is 7.77. The second-order valence-corrected chi connectivity index (χ2v) is 3.52. The lowest BCUT2D eigenvalue weighted by atomic mass is 10.2. The first-order chi connectivity index (χ1) is 6.34. The molecule has 2 aromatic heterocycles. The van der Waals surface area contributed by atoms with E-state index in [9.17, 15) is 0 Å². The third kappa shape index (κ3) is 2.03. The van der Waals surface area contributed by atoms with Crippen LogP contribution in [-0.2, 0) is 6.42 Å². The van der Waals surface area contributed by atoms with E-state index in [1.807, 2.05) is 0 Å². The monoisotopic (exact) mass is 191 g/mol. The molecule has 0 amide bonds. The van der Waals surface area contributed by atoms with E-state index < -0.39 is 0 Å². The minimum Gasteiger partial charge on any atom is -0.384 e. The van der Waals surface area contributed by atoms with Crippen LogP contribution in [0, 0.1) is 0 Å². The van der Waals surface area contributed by atoms with Crippen LogP contribution in [0.2, 0.25) is 0 Å². The quantitative estimate of drug-likeness (QED) is 0.786. The molecule has 0 spiro atoms. The van der Waals surface area contributed by atoms with Gasteiger partial charge < -0.3 is 5.73 Å². The summed E-state index contributed by atoms with van der Waals surface area (Å²) in [5.74, 6) is 0.528. The third-order valence-electron chi connectivity index (χ3n) is 1.71. The van der Waals surface area contributed by atoms with Gasteiger partial charge in [0.1, 0.15) is 12.1 Å². The minimum atomic E-state index is 0.528. The van der Waals surface area contributed by atoms with Gasteiger partial charge in [0.05, 0.1) is 5.69 Å². The van der Waals surface area contributed by atoms with Crippen molar-refractivity contribution in [2.75, 3.05) is 5.73 Å². The maximum atomic E-state index is 5.54. The van der Waals surface area contributed by atoms with Crippen molar-refractivity contribution in [2.45, 2.75) is 6.42 Å². The fraction of sp³-hybridized carbons (Fsp3) is 0.111. The Morgan fingerprint density at radius 3 is 3.00 bits per heavy atom. The van der Waals surface area contributed by atoms with Crippen molar-refractivity contribution in [3.05, 3.63) is 40.5 Å². The Kier molecular flexibility index (Phi) is 2.23. The average Bonchev–Trinajstić information content (AvgIpc) is 2.57. The second kappa shape index (κ2) is 3.53. The summed E-state index contributed by atoms with van der Waals surface area (Å²) in [6.07, 6.45) is 2.33. The number of hydrogen-bond donors (Lipinski definition) is 1. The summed E-state index contributed by atoms with van der Waals surface area (Å²) < 4.78 is 0. The third-order valence-corrected chi connectivity index (χ3v) is 2.44. The van der Waals surface area contributed by atoms with Crippen LogP contribution in [0.1, 0.15) is 11.3 Å². The number of nitrogens with two attached hydrogens (primary N) is 1. The molecule has 2 rings (SSSR count). The molecule has 0 atom stereocenters. The fourth-order valence-corrected chi connectivity index (χ4v) is 1.78. The van der Waals surface area contributed by atoms with E-state index in [4.69, 9.17) is 5.73 Å². The van der Waals surface area contributed by atoms with Gasteiger partial charge in [0, 0.05) is 12.5 Å². The molecule has 13 heavy (non-hydrogen) atoms. The number of aromatic nitrogens is 2. The first kappa shape index (κ1) is 8.19. The molecule has 0 radical (unpaired) electrons. The van der Waals surface area contributed by atoms with Crippen molar-refractivity contribution in [3.8, 4) is 0 Å². The van der Waals surface area contributed by atoms with Gasteiger partial charge in [-0.2, -0.15) is 11.3 Å². The van der Waals surface area contributed by atoms with Gasteiger partial charge in [-0.25, -0.2) is 9.97 Å². The van der Waals surface area contributed by atoms with Gasteiger partial charge in [-0.15, -0.1) is 0 Å². The molecule has 2 heterocycles. The van der Waals surface area contributed by atoms with E-state index in [0.717, 1.165) is 12.1 Å². The Balaban J connectivity index is 2.19. The maximum absolute atomic E-state index is 5.54. The summed E-state index contributed by atoms with van der Waals surface area (Å²) in [4.78, 5) is 7.97. The Bertz CT molecular complexity index is 384. The molecule has 0 aliphatic heterocycles. The highest BCUT2D eigenvalue weighted by Gasteiger charge is 1.98. The smallest absolute Gasteiger partial charge is 0.127 e. The van der Waals surface area contributed by atoms with Crippen LogP contribution in [0.5, 0.6) is 0 Å². The Morgan fingerprint density at radius 1 is 1.38 bits per heavy atom. The number of thiophene rings is 1. The summed E-state index contributed by atoms with van der Waals surface area (Å²) in [5, 5.41) is 4.16. The van der Waals surface area contributed by atoms with Crippen LogP contribution in [-0.4, -0.2) is 9.97 Å². The normalized spacial score (nSPS) is 10.2. The van der Waals surface area contributed by atoms with Crippen LogP contribution < -0.4 is 5.73 Å². The van der Waals surface area contributed by atoms with E-state index in [1.165, 1.54) is 11.9 Å². The topological polar surface area (TPSA) is 51.8 Å². The van der Waals surface area contributed by atoms with E-state index in [1.54, 1.807) is 17.4 Å². The molecule has 0 saturated carbocycles. The summed E-state index contributed by atoms with van der Waals surface area (Å²) in [6.45, 7) is 0. The van der Waals surface area contributed by atoms with Gasteiger partial charge in [0.25, 0.3) is 0 Å². The number of hydrogen-bond acceptors (Lipinski definition) is 4. The molecule has 0 unspecified atom stereocenters. The lowest BCUT2D eigenvalue weighted by Crippen LogP contribution is -1.96. The Morgan fingerprint density at radius 2 is 2.31 bits per heavy atom. The van der Waals surface area contributed by atoms with Crippen molar-refractivity contribution >= 4 is 17.2 Å². The average molecular weight is 191 g/mol. The van der Waals surface area contributed by atoms with E-state index >= 15 is 0 Å². The van der Waals surface area contributed by atoms with Crippen molar-refractivity contribution in [2.24, 2.45) is 0 Å². The van der Waals surface area contributed by atoms with E-state index in [-0.39, 0.29) is 0 Å². The molecule has 2 aromatic rings. The standard InChI is InChI=1S/C9H9N3S/c10-9-4-8(11-6-12-9)3-7-1-2-13-5-7/h1-2,4-6H,3H2,(H2,10,11,12). The highest BCUT2D eigenvalue weighted by Crippen LogP contribution is 2.11. The lowest BCUT2D eigenvalue weighted by molar-refractivity contribution is 1.04. The molecule has 0 aliphatic rings. The largest absolute Gasteiger partial charge is 0.384 e. The first-order valence-corrected chi connectivity index (χ1v) is 4.86.